The van der Waals surface area contributed by atoms with Gasteiger partial charge in [-0.05, 0) is 31.4 Å². The number of para-hydroxylation sites is 1. The zero-order valence-electron chi connectivity index (χ0n) is 9.22. The lowest BCUT2D eigenvalue weighted by molar-refractivity contribution is 0.335. The standard InChI is InChI=1S/C13H14N2O/c1-9-3-2-4-11(13(9)16)8-15-12-5-10(6-12)7-14/h2-4,8,10,12,16H,5-6H2,1H3. The fourth-order valence-corrected chi connectivity index (χ4v) is 1.79. The number of nitrogens with zero attached hydrogens (tertiary/aromatic N) is 2. The van der Waals surface area contributed by atoms with E-state index in [1.54, 1.807) is 6.21 Å². The Kier molecular flexibility index (Phi) is 2.91. The highest BCUT2D eigenvalue weighted by Crippen LogP contribution is 2.29. The summed E-state index contributed by atoms with van der Waals surface area (Å²) in [6, 6.07) is 8.08. The van der Waals surface area contributed by atoms with Crippen LogP contribution >= 0.6 is 0 Å². The van der Waals surface area contributed by atoms with E-state index in [2.05, 4.69) is 11.1 Å². The maximum absolute atomic E-state index is 9.76. The van der Waals surface area contributed by atoms with Gasteiger partial charge in [0.15, 0.2) is 0 Å². The SMILES string of the molecule is Cc1cccc(C=NC2CC(C#N)C2)c1O. The molecule has 0 spiro atoms. The normalized spacial score (nSPS) is 24.0. The average molecular weight is 214 g/mol. The molecule has 0 aromatic heterocycles. The van der Waals surface area contributed by atoms with Crippen molar-refractivity contribution in [3.8, 4) is 11.8 Å². The summed E-state index contributed by atoms with van der Waals surface area (Å²) in [7, 11) is 0. The van der Waals surface area contributed by atoms with Gasteiger partial charge >= 0.3 is 0 Å². The van der Waals surface area contributed by atoms with Gasteiger partial charge < -0.3 is 5.11 Å². The number of aliphatic imine (C=N–C) groups is 1. The molecule has 1 fully saturated rings. The van der Waals surface area contributed by atoms with E-state index in [1.807, 2.05) is 25.1 Å². The second kappa shape index (κ2) is 4.36. The number of aryl methyl sites for hydroxylation is 1. The van der Waals surface area contributed by atoms with Crippen molar-refractivity contribution in [3.63, 3.8) is 0 Å². The smallest absolute Gasteiger partial charge is 0.127 e. The fourth-order valence-electron chi connectivity index (χ4n) is 1.79. The number of hydrogen-bond donors (Lipinski definition) is 1. The lowest BCUT2D eigenvalue weighted by Crippen LogP contribution is -2.25. The molecule has 0 saturated heterocycles. The monoisotopic (exact) mass is 214 g/mol. The third-order valence-corrected chi connectivity index (χ3v) is 2.99. The lowest BCUT2D eigenvalue weighted by atomic mass is 9.82. The highest BCUT2D eigenvalue weighted by Gasteiger charge is 2.27. The van der Waals surface area contributed by atoms with Crippen molar-refractivity contribution >= 4 is 6.21 Å². The minimum Gasteiger partial charge on any atom is -0.507 e. The van der Waals surface area contributed by atoms with Gasteiger partial charge in [0, 0.05) is 11.8 Å². The van der Waals surface area contributed by atoms with Crippen LogP contribution in [0.25, 0.3) is 0 Å². The number of aromatic hydroxyl groups is 1. The summed E-state index contributed by atoms with van der Waals surface area (Å²) in [6.45, 7) is 1.86. The quantitative estimate of drug-likeness (QED) is 0.768. The zero-order valence-corrected chi connectivity index (χ0v) is 9.22. The van der Waals surface area contributed by atoms with Crippen LogP contribution in [0.3, 0.4) is 0 Å². The molecule has 1 aromatic rings. The first-order valence-corrected chi connectivity index (χ1v) is 5.42. The number of phenols is 1. The van der Waals surface area contributed by atoms with Gasteiger partial charge in [0.2, 0.25) is 0 Å². The second-order valence-electron chi connectivity index (χ2n) is 4.24. The Labute approximate surface area is 95.1 Å². The highest BCUT2D eigenvalue weighted by molar-refractivity contribution is 5.84. The molecule has 0 bridgehead atoms. The minimum atomic E-state index is 0.174. The Morgan fingerprint density at radius 2 is 2.25 bits per heavy atom. The zero-order chi connectivity index (χ0) is 11.5. The molecule has 0 unspecified atom stereocenters. The molecule has 16 heavy (non-hydrogen) atoms. The topological polar surface area (TPSA) is 56.4 Å². The maximum atomic E-state index is 9.76. The molecule has 0 radical (unpaired) electrons. The Morgan fingerprint density at radius 3 is 2.94 bits per heavy atom. The summed E-state index contributed by atoms with van der Waals surface area (Å²) in [5.74, 6) is 0.468. The third kappa shape index (κ3) is 2.06. The summed E-state index contributed by atoms with van der Waals surface area (Å²) in [6.07, 6.45) is 3.40. The predicted octanol–water partition coefficient (Wildman–Crippen LogP) is 2.42. The summed E-state index contributed by atoms with van der Waals surface area (Å²) in [5.41, 5.74) is 1.60. The Bertz CT molecular complexity index is 453. The van der Waals surface area contributed by atoms with Crippen LogP contribution in [0.1, 0.15) is 24.0 Å². The molecule has 3 heteroatoms. The molecule has 0 aliphatic heterocycles. The van der Waals surface area contributed by atoms with Crippen molar-refractivity contribution in [1.29, 1.82) is 5.26 Å². The van der Waals surface area contributed by atoms with Gasteiger partial charge in [-0.15, -0.1) is 0 Å². The largest absolute Gasteiger partial charge is 0.507 e. The Balaban J connectivity index is 2.03. The third-order valence-electron chi connectivity index (χ3n) is 2.99. The summed E-state index contributed by atoms with van der Waals surface area (Å²) >= 11 is 0. The Hall–Kier alpha value is -1.82. The van der Waals surface area contributed by atoms with Crippen LogP contribution in [0.15, 0.2) is 23.2 Å². The average Bonchev–Trinajstić information content (AvgIpc) is 2.22. The highest BCUT2D eigenvalue weighted by atomic mass is 16.3. The van der Waals surface area contributed by atoms with E-state index in [0.29, 0.717) is 5.75 Å². The molecular formula is C13H14N2O. The molecule has 1 aliphatic rings. The summed E-state index contributed by atoms with van der Waals surface area (Å²) < 4.78 is 0. The van der Waals surface area contributed by atoms with Crippen molar-refractivity contribution in [2.45, 2.75) is 25.8 Å². The number of hydrogen-bond acceptors (Lipinski definition) is 3. The van der Waals surface area contributed by atoms with E-state index >= 15 is 0 Å². The Morgan fingerprint density at radius 1 is 1.50 bits per heavy atom. The van der Waals surface area contributed by atoms with Gasteiger partial charge in [-0.1, -0.05) is 12.1 Å². The van der Waals surface area contributed by atoms with Gasteiger partial charge in [0.25, 0.3) is 0 Å². The van der Waals surface area contributed by atoms with Gasteiger partial charge in [0.1, 0.15) is 5.75 Å². The number of rotatable bonds is 2. The van der Waals surface area contributed by atoms with Crippen LogP contribution in [0.2, 0.25) is 0 Å². The van der Waals surface area contributed by atoms with Gasteiger partial charge in [-0.3, -0.25) is 4.99 Å². The van der Waals surface area contributed by atoms with Gasteiger partial charge in [-0.25, -0.2) is 0 Å². The first kappa shape index (κ1) is 10.7. The van der Waals surface area contributed by atoms with Crippen LogP contribution in [0.4, 0.5) is 0 Å². The molecule has 1 aliphatic carbocycles. The van der Waals surface area contributed by atoms with Crippen LogP contribution in [-0.2, 0) is 0 Å². The maximum Gasteiger partial charge on any atom is 0.127 e. The van der Waals surface area contributed by atoms with E-state index in [4.69, 9.17) is 5.26 Å². The van der Waals surface area contributed by atoms with Crippen molar-refractivity contribution < 1.29 is 5.11 Å². The minimum absolute atomic E-state index is 0.174. The van der Waals surface area contributed by atoms with Crippen LogP contribution in [0.5, 0.6) is 5.75 Å². The van der Waals surface area contributed by atoms with Crippen LogP contribution < -0.4 is 0 Å². The molecule has 0 atom stereocenters. The van der Waals surface area contributed by atoms with Crippen LogP contribution in [0, 0.1) is 24.2 Å². The van der Waals surface area contributed by atoms with E-state index in [1.165, 1.54) is 0 Å². The molecule has 1 saturated carbocycles. The van der Waals surface area contributed by atoms with Gasteiger partial charge in [0.05, 0.1) is 18.0 Å². The first-order chi connectivity index (χ1) is 7.70. The second-order valence-corrected chi connectivity index (χ2v) is 4.24. The van der Waals surface area contributed by atoms with E-state index in [0.717, 1.165) is 24.0 Å². The fraction of sp³-hybridized carbons (Fsp3) is 0.385. The van der Waals surface area contributed by atoms with Crippen molar-refractivity contribution in [1.82, 2.24) is 0 Å². The van der Waals surface area contributed by atoms with E-state index in [-0.39, 0.29) is 12.0 Å². The molecule has 0 heterocycles. The van der Waals surface area contributed by atoms with Crippen molar-refractivity contribution in [2.75, 3.05) is 0 Å². The molecule has 1 N–H and O–H groups in total. The number of benzene rings is 1. The molecular weight excluding hydrogens is 200 g/mol. The molecule has 1 aromatic carbocycles. The van der Waals surface area contributed by atoms with Crippen LogP contribution in [-0.4, -0.2) is 17.4 Å². The van der Waals surface area contributed by atoms with E-state index in [9.17, 15) is 5.11 Å². The predicted molar refractivity (Wildman–Crippen MR) is 62.6 cm³/mol. The molecule has 82 valence electrons. The van der Waals surface area contributed by atoms with Gasteiger partial charge in [-0.2, -0.15) is 5.26 Å². The number of nitriles is 1. The van der Waals surface area contributed by atoms with Crippen molar-refractivity contribution in [2.24, 2.45) is 10.9 Å². The summed E-state index contributed by atoms with van der Waals surface area (Å²) in [4.78, 5) is 4.36. The first-order valence-electron chi connectivity index (χ1n) is 5.42. The lowest BCUT2D eigenvalue weighted by Gasteiger charge is -2.26. The number of phenolic OH excluding ortho intramolecular Hbond substituents is 1. The molecule has 0 amide bonds. The summed E-state index contributed by atoms with van der Waals surface area (Å²) in [5, 5.41) is 18.4. The molecule has 2 rings (SSSR count). The van der Waals surface area contributed by atoms with Crippen molar-refractivity contribution in [3.05, 3.63) is 29.3 Å². The molecule has 3 nitrogen and oxygen atoms in total. The van der Waals surface area contributed by atoms with E-state index < -0.39 is 0 Å².